The highest BCUT2D eigenvalue weighted by atomic mass is 35.5. The van der Waals surface area contributed by atoms with Gasteiger partial charge < -0.3 is 14.0 Å². The molecular weight excluding hydrogens is 384 g/mol. The Morgan fingerprint density at radius 3 is 2.68 bits per heavy atom. The molecule has 0 saturated heterocycles. The second-order valence-corrected chi connectivity index (χ2v) is 6.01. The van der Waals surface area contributed by atoms with Crippen LogP contribution in [0.3, 0.4) is 0 Å². The Labute approximate surface area is 165 Å². The largest absolute Gasteiger partial charge is 0.465 e. The van der Waals surface area contributed by atoms with Crippen molar-refractivity contribution in [3.8, 4) is 11.4 Å². The van der Waals surface area contributed by atoms with Crippen LogP contribution in [0.5, 0.6) is 0 Å². The molecule has 28 heavy (non-hydrogen) atoms. The molecule has 0 aliphatic heterocycles. The Balaban J connectivity index is 1.54. The quantitative estimate of drug-likeness (QED) is 0.458. The lowest BCUT2D eigenvalue weighted by atomic mass is 10.1. The highest BCUT2D eigenvalue weighted by Crippen LogP contribution is 2.20. The number of benzene rings is 2. The lowest BCUT2D eigenvalue weighted by molar-refractivity contribution is -0.139. The summed E-state index contributed by atoms with van der Waals surface area (Å²) in [5.74, 6) is -0.472. The summed E-state index contributed by atoms with van der Waals surface area (Å²) in [7, 11) is 1.31. The van der Waals surface area contributed by atoms with Gasteiger partial charge in [-0.1, -0.05) is 41.0 Å². The third-order valence-electron chi connectivity index (χ3n) is 3.63. The van der Waals surface area contributed by atoms with Crippen LogP contribution in [0.2, 0.25) is 5.02 Å². The summed E-state index contributed by atoms with van der Waals surface area (Å²) in [4.78, 5) is 27.4. The van der Waals surface area contributed by atoms with E-state index in [-0.39, 0.29) is 12.5 Å². The number of carbonyl (C=O) groups is 2. The molecule has 7 nitrogen and oxygen atoms in total. The Kier molecular flexibility index (Phi) is 6.18. The molecule has 3 aromatic rings. The molecule has 3 rings (SSSR count). The molecule has 0 atom stereocenters. The van der Waals surface area contributed by atoms with Crippen LogP contribution in [-0.4, -0.2) is 29.2 Å². The van der Waals surface area contributed by atoms with E-state index < -0.39 is 11.9 Å². The highest BCUT2D eigenvalue weighted by molar-refractivity contribution is 6.30. The van der Waals surface area contributed by atoms with Gasteiger partial charge in [-0.05, 0) is 35.9 Å². The van der Waals surface area contributed by atoms with Crippen molar-refractivity contribution in [3.63, 3.8) is 0 Å². The van der Waals surface area contributed by atoms with Gasteiger partial charge in [0.05, 0.1) is 12.7 Å². The van der Waals surface area contributed by atoms with Gasteiger partial charge in [0, 0.05) is 16.7 Å². The lowest BCUT2D eigenvalue weighted by Crippen LogP contribution is -2.01. The number of halogens is 1. The lowest BCUT2D eigenvalue weighted by Gasteiger charge is -1.99. The van der Waals surface area contributed by atoms with Crippen LogP contribution in [0.1, 0.15) is 21.8 Å². The number of methoxy groups -OCH3 is 1. The molecule has 142 valence electrons. The Morgan fingerprint density at radius 2 is 1.96 bits per heavy atom. The van der Waals surface area contributed by atoms with E-state index in [1.54, 1.807) is 54.6 Å². The van der Waals surface area contributed by atoms with Crippen LogP contribution < -0.4 is 0 Å². The average Bonchev–Trinajstić information content (AvgIpc) is 3.19. The van der Waals surface area contributed by atoms with Crippen molar-refractivity contribution in [1.82, 2.24) is 10.1 Å². The minimum atomic E-state index is -0.570. The average molecular weight is 399 g/mol. The molecule has 0 aliphatic rings. The van der Waals surface area contributed by atoms with Crippen molar-refractivity contribution in [1.29, 1.82) is 0 Å². The second-order valence-electron chi connectivity index (χ2n) is 5.58. The summed E-state index contributed by atoms with van der Waals surface area (Å²) >= 11 is 5.94. The van der Waals surface area contributed by atoms with Crippen molar-refractivity contribution in [2.24, 2.45) is 0 Å². The predicted molar refractivity (Wildman–Crippen MR) is 101 cm³/mol. The number of nitrogens with zero attached hydrogens (tertiary/aromatic N) is 2. The first kappa shape index (κ1) is 19.3. The van der Waals surface area contributed by atoms with Crippen molar-refractivity contribution in [2.75, 3.05) is 7.11 Å². The fourth-order valence-corrected chi connectivity index (χ4v) is 2.44. The van der Waals surface area contributed by atoms with E-state index >= 15 is 0 Å². The van der Waals surface area contributed by atoms with E-state index in [1.165, 1.54) is 13.2 Å². The third kappa shape index (κ3) is 5.05. The van der Waals surface area contributed by atoms with Gasteiger partial charge in [0.15, 0.2) is 6.61 Å². The SMILES string of the molecule is COC(=O)c1ccc(/C=C/C(=O)OCc2nc(-c3cccc(Cl)c3)no2)cc1. The Hall–Kier alpha value is -3.45. The van der Waals surface area contributed by atoms with Crippen LogP contribution in [0.15, 0.2) is 59.1 Å². The smallest absolute Gasteiger partial charge is 0.337 e. The molecule has 0 unspecified atom stereocenters. The fourth-order valence-electron chi connectivity index (χ4n) is 2.25. The molecule has 0 aliphatic carbocycles. The van der Waals surface area contributed by atoms with Gasteiger partial charge in [0.25, 0.3) is 5.89 Å². The van der Waals surface area contributed by atoms with Crippen molar-refractivity contribution >= 4 is 29.6 Å². The standard InChI is InChI=1S/C20H15ClN2O5/c1-26-20(25)14-8-5-13(6-9-14)7-10-18(24)27-12-17-22-19(23-28-17)15-3-2-4-16(21)11-15/h2-11H,12H2,1H3/b10-7+. The molecule has 1 heterocycles. The third-order valence-corrected chi connectivity index (χ3v) is 3.87. The maximum atomic E-state index is 11.8. The summed E-state index contributed by atoms with van der Waals surface area (Å²) < 4.78 is 14.8. The van der Waals surface area contributed by atoms with Crippen molar-refractivity contribution in [2.45, 2.75) is 6.61 Å². The second kappa shape index (κ2) is 8.96. The summed E-state index contributed by atoms with van der Waals surface area (Å²) in [5, 5.41) is 4.39. The predicted octanol–water partition coefficient (Wildman–Crippen LogP) is 3.93. The summed E-state index contributed by atoms with van der Waals surface area (Å²) in [6.07, 6.45) is 2.83. The molecule has 2 aromatic carbocycles. The van der Waals surface area contributed by atoms with E-state index in [0.29, 0.717) is 22.0 Å². The Bertz CT molecular complexity index is 1010. The van der Waals surface area contributed by atoms with Gasteiger partial charge in [0.1, 0.15) is 0 Å². The zero-order chi connectivity index (χ0) is 19.9. The molecule has 0 N–H and O–H groups in total. The number of esters is 2. The van der Waals surface area contributed by atoms with Gasteiger partial charge in [0.2, 0.25) is 5.82 Å². The van der Waals surface area contributed by atoms with Crippen LogP contribution in [-0.2, 0) is 20.9 Å². The van der Waals surface area contributed by atoms with Gasteiger partial charge in [-0.2, -0.15) is 4.98 Å². The van der Waals surface area contributed by atoms with E-state index in [0.717, 1.165) is 5.56 Å². The normalized spacial score (nSPS) is 10.8. The molecule has 0 amide bonds. The van der Waals surface area contributed by atoms with Gasteiger partial charge in [-0.25, -0.2) is 9.59 Å². The van der Waals surface area contributed by atoms with Crippen LogP contribution >= 0.6 is 11.6 Å². The number of hydrogen-bond acceptors (Lipinski definition) is 7. The molecular formula is C20H15ClN2O5. The minimum absolute atomic E-state index is 0.155. The van der Waals surface area contributed by atoms with Crippen LogP contribution in [0, 0.1) is 0 Å². The number of ether oxygens (including phenoxy) is 2. The van der Waals surface area contributed by atoms with E-state index in [4.69, 9.17) is 20.9 Å². The Morgan fingerprint density at radius 1 is 1.18 bits per heavy atom. The summed E-state index contributed by atoms with van der Waals surface area (Å²) in [5.41, 5.74) is 1.85. The maximum absolute atomic E-state index is 11.8. The minimum Gasteiger partial charge on any atom is -0.465 e. The zero-order valence-electron chi connectivity index (χ0n) is 14.8. The van der Waals surface area contributed by atoms with Crippen molar-refractivity contribution < 1.29 is 23.6 Å². The zero-order valence-corrected chi connectivity index (χ0v) is 15.6. The van der Waals surface area contributed by atoms with Crippen LogP contribution in [0.25, 0.3) is 17.5 Å². The molecule has 0 saturated carbocycles. The molecule has 0 fully saturated rings. The monoisotopic (exact) mass is 398 g/mol. The highest BCUT2D eigenvalue weighted by Gasteiger charge is 2.10. The van der Waals surface area contributed by atoms with Gasteiger partial charge >= 0.3 is 11.9 Å². The topological polar surface area (TPSA) is 91.5 Å². The molecule has 0 bridgehead atoms. The maximum Gasteiger partial charge on any atom is 0.337 e. The van der Waals surface area contributed by atoms with E-state index in [1.807, 2.05) is 0 Å². The molecule has 8 heteroatoms. The first-order chi connectivity index (χ1) is 13.5. The molecule has 0 radical (unpaired) electrons. The number of hydrogen-bond donors (Lipinski definition) is 0. The molecule has 0 spiro atoms. The number of carbonyl (C=O) groups excluding carboxylic acids is 2. The van der Waals surface area contributed by atoms with Gasteiger partial charge in [-0.3, -0.25) is 0 Å². The van der Waals surface area contributed by atoms with E-state index in [9.17, 15) is 9.59 Å². The summed E-state index contributed by atoms with van der Waals surface area (Å²) in [6.45, 7) is -0.155. The molecule has 1 aromatic heterocycles. The fraction of sp³-hybridized carbons (Fsp3) is 0.100. The first-order valence-corrected chi connectivity index (χ1v) is 8.54. The van der Waals surface area contributed by atoms with Gasteiger partial charge in [-0.15, -0.1) is 0 Å². The number of aromatic nitrogens is 2. The number of rotatable bonds is 6. The first-order valence-electron chi connectivity index (χ1n) is 8.17. The summed E-state index contributed by atoms with van der Waals surface area (Å²) in [6, 6.07) is 13.6. The van der Waals surface area contributed by atoms with Crippen LogP contribution in [0.4, 0.5) is 0 Å². The van der Waals surface area contributed by atoms with Crippen molar-refractivity contribution in [3.05, 3.63) is 76.6 Å². The van der Waals surface area contributed by atoms with E-state index in [2.05, 4.69) is 14.9 Å².